The zero-order valence-corrected chi connectivity index (χ0v) is 14.8. The van der Waals surface area contributed by atoms with E-state index in [0.29, 0.717) is 21.6 Å². The molecule has 1 amide bonds. The van der Waals surface area contributed by atoms with E-state index in [1.807, 2.05) is 24.3 Å². The lowest BCUT2D eigenvalue weighted by atomic mass is 10.2. The minimum Gasteiger partial charge on any atom is -0.328 e. The SMILES string of the molecule is CC(Cl)(Cl)[C@@H](NC(=O)c1ccc(Cl)cc1)n1nnc2ccccc21. The van der Waals surface area contributed by atoms with Crippen LogP contribution < -0.4 is 5.32 Å². The number of alkyl halides is 2. The Morgan fingerprint density at radius 1 is 1.17 bits per heavy atom. The normalized spacial score (nSPS) is 13.0. The van der Waals surface area contributed by atoms with E-state index in [1.54, 1.807) is 31.2 Å². The number of benzene rings is 2. The first kappa shape index (κ1) is 17.0. The number of amides is 1. The van der Waals surface area contributed by atoms with Gasteiger partial charge in [0.15, 0.2) is 10.5 Å². The molecule has 0 saturated heterocycles. The molecule has 0 spiro atoms. The van der Waals surface area contributed by atoms with Crippen molar-refractivity contribution in [3.8, 4) is 0 Å². The molecule has 3 aromatic rings. The molecule has 1 aromatic heterocycles. The molecule has 5 nitrogen and oxygen atoms in total. The van der Waals surface area contributed by atoms with Crippen molar-refractivity contribution >= 4 is 51.7 Å². The molecule has 1 atom stereocenters. The van der Waals surface area contributed by atoms with Gasteiger partial charge in [0.05, 0.1) is 5.52 Å². The van der Waals surface area contributed by atoms with Gasteiger partial charge in [0.25, 0.3) is 5.91 Å². The highest BCUT2D eigenvalue weighted by Crippen LogP contribution is 2.33. The number of hydrogen-bond acceptors (Lipinski definition) is 3. The highest BCUT2D eigenvalue weighted by atomic mass is 35.5. The van der Waals surface area contributed by atoms with Gasteiger partial charge in [0.1, 0.15) is 5.52 Å². The molecule has 3 rings (SSSR count). The van der Waals surface area contributed by atoms with Gasteiger partial charge in [0.2, 0.25) is 0 Å². The summed E-state index contributed by atoms with van der Waals surface area (Å²) in [5.74, 6) is -0.344. The summed E-state index contributed by atoms with van der Waals surface area (Å²) in [4.78, 5) is 12.5. The zero-order valence-electron chi connectivity index (χ0n) is 12.6. The van der Waals surface area contributed by atoms with Crippen LogP contribution in [0.4, 0.5) is 0 Å². The van der Waals surface area contributed by atoms with Gasteiger partial charge in [-0.15, -0.1) is 5.10 Å². The lowest BCUT2D eigenvalue weighted by Gasteiger charge is -2.27. The molecule has 8 heteroatoms. The van der Waals surface area contributed by atoms with Crippen LogP contribution in [0.15, 0.2) is 48.5 Å². The van der Waals surface area contributed by atoms with Gasteiger partial charge in [-0.1, -0.05) is 52.1 Å². The summed E-state index contributed by atoms with van der Waals surface area (Å²) in [5, 5.41) is 11.5. The Hall–Kier alpha value is -1.82. The third-order valence-corrected chi connectivity index (χ3v) is 4.14. The van der Waals surface area contributed by atoms with Crippen molar-refractivity contribution in [1.82, 2.24) is 20.3 Å². The van der Waals surface area contributed by atoms with Crippen molar-refractivity contribution in [1.29, 1.82) is 0 Å². The molecule has 0 saturated carbocycles. The fourth-order valence-corrected chi connectivity index (χ4v) is 2.71. The van der Waals surface area contributed by atoms with E-state index in [9.17, 15) is 4.79 Å². The number of hydrogen-bond donors (Lipinski definition) is 1. The minimum absolute atomic E-state index is 0.344. The molecule has 124 valence electrons. The zero-order chi connectivity index (χ0) is 17.3. The summed E-state index contributed by atoms with van der Waals surface area (Å²) in [6, 6.07) is 13.9. The first-order chi connectivity index (χ1) is 11.4. The van der Waals surface area contributed by atoms with Gasteiger partial charge in [-0.05, 0) is 43.3 Å². The van der Waals surface area contributed by atoms with Gasteiger partial charge in [-0.3, -0.25) is 4.79 Å². The van der Waals surface area contributed by atoms with Gasteiger partial charge < -0.3 is 5.32 Å². The van der Waals surface area contributed by atoms with E-state index >= 15 is 0 Å². The molecule has 0 aliphatic rings. The third kappa shape index (κ3) is 3.48. The van der Waals surface area contributed by atoms with Crippen molar-refractivity contribution < 1.29 is 4.79 Å². The van der Waals surface area contributed by atoms with Gasteiger partial charge in [-0.2, -0.15) is 0 Å². The summed E-state index contributed by atoms with van der Waals surface area (Å²) in [6.45, 7) is 1.58. The number of carbonyl (C=O) groups excluding carboxylic acids is 1. The number of nitrogens with zero attached hydrogens (tertiary/aromatic N) is 3. The summed E-state index contributed by atoms with van der Waals surface area (Å²) >= 11 is 18.4. The Bertz CT molecular complexity index is 871. The van der Waals surface area contributed by atoms with Gasteiger partial charge in [0, 0.05) is 10.6 Å². The molecule has 1 N–H and O–H groups in total. The van der Waals surface area contributed by atoms with Crippen LogP contribution in [0.3, 0.4) is 0 Å². The Labute approximate surface area is 153 Å². The number of carbonyl (C=O) groups is 1. The van der Waals surface area contributed by atoms with E-state index in [4.69, 9.17) is 34.8 Å². The summed E-state index contributed by atoms with van der Waals surface area (Å²) < 4.78 is 0.196. The molecule has 0 aliphatic carbocycles. The summed E-state index contributed by atoms with van der Waals surface area (Å²) in [7, 11) is 0. The maximum Gasteiger partial charge on any atom is 0.253 e. The standard InChI is InChI=1S/C16H13Cl3N4O/c1-16(18,19)15(20-14(24)10-6-8-11(17)9-7-10)23-13-5-3-2-4-12(13)21-22-23/h2-9,15H,1H3,(H,20,24)/t15-/m0/s1. The van der Waals surface area contributed by atoms with Gasteiger partial charge in [-0.25, -0.2) is 4.68 Å². The third-order valence-electron chi connectivity index (χ3n) is 3.48. The molecule has 2 aromatic carbocycles. The Morgan fingerprint density at radius 3 is 2.50 bits per heavy atom. The van der Waals surface area contributed by atoms with E-state index < -0.39 is 10.5 Å². The van der Waals surface area contributed by atoms with Crippen LogP contribution in [0.5, 0.6) is 0 Å². The van der Waals surface area contributed by atoms with E-state index in [1.165, 1.54) is 4.68 Å². The maximum absolute atomic E-state index is 12.5. The van der Waals surface area contributed by atoms with Crippen LogP contribution in [0.25, 0.3) is 11.0 Å². The average Bonchev–Trinajstić information content (AvgIpc) is 2.95. The Kier molecular flexibility index (Phi) is 4.67. The molecular weight excluding hydrogens is 371 g/mol. The van der Waals surface area contributed by atoms with Crippen LogP contribution in [0.2, 0.25) is 5.02 Å². The predicted octanol–water partition coefficient (Wildman–Crippen LogP) is 4.21. The lowest BCUT2D eigenvalue weighted by molar-refractivity contribution is 0.0911. The highest BCUT2D eigenvalue weighted by molar-refractivity contribution is 6.48. The second-order valence-corrected chi connectivity index (χ2v) is 7.56. The van der Waals surface area contributed by atoms with Crippen molar-refractivity contribution in [2.24, 2.45) is 0 Å². The number of nitrogens with one attached hydrogen (secondary N) is 1. The van der Waals surface area contributed by atoms with Crippen LogP contribution >= 0.6 is 34.8 Å². The van der Waals surface area contributed by atoms with Crippen LogP contribution in [0, 0.1) is 0 Å². The fourth-order valence-electron chi connectivity index (χ4n) is 2.29. The molecule has 0 radical (unpaired) electrons. The Balaban J connectivity index is 1.96. The first-order valence-electron chi connectivity index (χ1n) is 7.10. The van der Waals surface area contributed by atoms with E-state index in [-0.39, 0.29) is 5.91 Å². The van der Waals surface area contributed by atoms with Crippen molar-refractivity contribution in [2.45, 2.75) is 17.4 Å². The van der Waals surface area contributed by atoms with Crippen molar-refractivity contribution in [3.63, 3.8) is 0 Å². The van der Waals surface area contributed by atoms with Crippen LogP contribution in [-0.2, 0) is 0 Å². The van der Waals surface area contributed by atoms with Crippen molar-refractivity contribution in [2.75, 3.05) is 0 Å². The molecule has 0 unspecified atom stereocenters. The minimum atomic E-state index is -1.31. The number of halogens is 3. The quantitative estimate of drug-likeness (QED) is 0.687. The highest BCUT2D eigenvalue weighted by Gasteiger charge is 2.35. The monoisotopic (exact) mass is 382 g/mol. The number of rotatable bonds is 4. The molecule has 0 fully saturated rings. The number of aromatic nitrogens is 3. The average molecular weight is 384 g/mol. The fraction of sp³-hybridized carbons (Fsp3) is 0.188. The topological polar surface area (TPSA) is 59.8 Å². The second kappa shape index (κ2) is 6.59. The number of para-hydroxylation sites is 1. The number of fused-ring (bicyclic) bond motifs is 1. The maximum atomic E-state index is 12.5. The second-order valence-electron chi connectivity index (χ2n) is 5.36. The molecule has 0 aliphatic heterocycles. The molecular formula is C16H13Cl3N4O. The molecule has 24 heavy (non-hydrogen) atoms. The largest absolute Gasteiger partial charge is 0.328 e. The Morgan fingerprint density at radius 2 is 1.83 bits per heavy atom. The van der Waals surface area contributed by atoms with Crippen LogP contribution in [0.1, 0.15) is 23.4 Å². The van der Waals surface area contributed by atoms with E-state index in [0.717, 1.165) is 0 Å². The summed E-state index contributed by atoms with van der Waals surface area (Å²) in [6.07, 6.45) is -0.809. The van der Waals surface area contributed by atoms with Crippen molar-refractivity contribution in [3.05, 3.63) is 59.1 Å². The molecule has 0 bridgehead atoms. The van der Waals surface area contributed by atoms with Crippen LogP contribution in [-0.4, -0.2) is 25.2 Å². The smallest absolute Gasteiger partial charge is 0.253 e. The summed E-state index contributed by atoms with van der Waals surface area (Å²) in [5.41, 5.74) is 1.83. The predicted molar refractivity (Wildman–Crippen MR) is 95.6 cm³/mol. The van der Waals surface area contributed by atoms with Gasteiger partial charge >= 0.3 is 0 Å². The molecule has 1 heterocycles. The van der Waals surface area contributed by atoms with E-state index in [2.05, 4.69) is 15.6 Å². The first-order valence-corrected chi connectivity index (χ1v) is 8.24. The lowest BCUT2D eigenvalue weighted by Crippen LogP contribution is -2.42.